The van der Waals surface area contributed by atoms with Crippen molar-refractivity contribution < 1.29 is 22.7 Å². The van der Waals surface area contributed by atoms with Crippen LogP contribution in [0.5, 0.6) is 0 Å². The molecule has 1 aromatic heterocycles. The SMILES string of the molecule is N#Cc1ccc(COC(=O)Cn2cc(C(F)(F)F)ccc2=O)cc1. The molecule has 2 aromatic rings. The van der Waals surface area contributed by atoms with Gasteiger partial charge in [0.2, 0.25) is 0 Å². The van der Waals surface area contributed by atoms with Crippen LogP contribution in [-0.2, 0) is 28.9 Å². The molecule has 24 heavy (non-hydrogen) atoms. The molecule has 5 nitrogen and oxygen atoms in total. The van der Waals surface area contributed by atoms with Gasteiger partial charge in [-0.05, 0) is 23.8 Å². The Morgan fingerprint density at radius 2 is 1.83 bits per heavy atom. The van der Waals surface area contributed by atoms with Crippen molar-refractivity contribution in [2.24, 2.45) is 0 Å². The minimum atomic E-state index is -4.61. The number of ether oxygens (including phenoxy) is 1. The zero-order valence-corrected chi connectivity index (χ0v) is 12.2. The molecule has 0 N–H and O–H groups in total. The van der Waals surface area contributed by atoms with Gasteiger partial charge in [0.1, 0.15) is 13.2 Å². The molecule has 124 valence electrons. The Kier molecular flexibility index (Phi) is 5.04. The lowest BCUT2D eigenvalue weighted by Crippen LogP contribution is -2.26. The van der Waals surface area contributed by atoms with Gasteiger partial charge in [0, 0.05) is 12.3 Å². The standard InChI is InChI=1S/C16H11F3N2O3/c17-16(18,19)13-5-6-14(22)21(8-13)9-15(23)24-10-12-3-1-11(7-20)2-4-12/h1-6,8H,9-10H2. The summed E-state index contributed by atoms with van der Waals surface area (Å²) in [5, 5.41) is 8.67. The number of esters is 1. The lowest BCUT2D eigenvalue weighted by Gasteiger charge is -2.10. The number of halogens is 3. The summed E-state index contributed by atoms with van der Waals surface area (Å²) >= 11 is 0. The average molecular weight is 336 g/mol. The fourth-order valence-corrected chi connectivity index (χ4v) is 1.85. The zero-order valence-electron chi connectivity index (χ0n) is 12.2. The summed E-state index contributed by atoms with van der Waals surface area (Å²) in [6.07, 6.45) is -4.03. The molecule has 0 saturated heterocycles. The maximum absolute atomic E-state index is 12.6. The summed E-state index contributed by atoms with van der Waals surface area (Å²) in [5.74, 6) is -0.846. The maximum atomic E-state index is 12.6. The van der Waals surface area contributed by atoms with Crippen molar-refractivity contribution in [3.63, 3.8) is 0 Å². The van der Waals surface area contributed by atoms with Crippen molar-refractivity contribution in [3.8, 4) is 6.07 Å². The normalized spacial score (nSPS) is 10.9. The Balaban J connectivity index is 2.02. The Morgan fingerprint density at radius 1 is 1.17 bits per heavy atom. The molecule has 1 aromatic carbocycles. The summed E-state index contributed by atoms with van der Waals surface area (Å²) < 4.78 is 43.4. The first-order chi connectivity index (χ1) is 11.3. The van der Waals surface area contributed by atoms with Crippen LogP contribution in [0.1, 0.15) is 16.7 Å². The van der Waals surface area contributed by atoms with E-state index in [1.54, 1.807) is 24.3 Å². The van der Waals surface area contributed by atoms with Gasteiger partial charge in [-0.15, -0.1) is 0 Å². The van der Waals surface area contributed by atoms with Gasteiger partial charge in [-0.3, -0.25) is 9.59 Å². The van der Waals surface area contributed by atoms with Gasteiger partial charge in [0.05, 0.1) is 17.2 Å². The summed E-state index contributed by atoms with van der Waals surface area (Å²) in [5.41, 5.74) is -0.709. The molecule has 8 heteroatoms. The number of nitrogens with zero attached hydrogens (tertiary/aromatic N) is 2. The van der Waals surface area contributed by atoms with Crippen LogP contribution in [0.2, 0.25) is 0 Å². The molecule has 1 heterocycles. The van der Waals surface area contributed by atoms with Crippen LogP contribution in [0.15, 0.2) is 47.4 Å². The number of carbonyl (C=O) groups excluding carboxylic acids is 1. The molecule has 0 amide bonds. The second-order valence-corrected chi connectivity index (χ2v) is 4.85. The lowest BCUT2D eigenvalue weighted by molar-refractivity contribution is -0.146. The van der Waals surface area contributed by atoms with E-state index in [1.165, 1.54) is 0 Å². The van der Waals surface area contributed by atoms with Crippen LogP contribution in [0.25, 0.3) is 0 Å². The molecule has 0 saturated carbocycles. The minimum Gasteiger partial charge on any atom is -0.459 e. The van der Waals surface area contributed by atoms with Crippen LogP contribution in [0.4, 0.5) is 13.2 Å². The zero-order chi connectivity index (χ0) is 17.7. The molecule has 0 aliphatic heterocycles. The van der Waals surface area contributed by atoms with Crippen molar-refractivity contribution in [1.29, 1.82) is 5.26 Å². The summed E-state index contributed by atoms with van der Waals surface area (Å²) in [7, 11) is 0. The van der Waals surface area contributed by atoms with Crippen LogP contribution in [-0.4, -0.2) is 10.5 Å². The summed E-state index contributed by atoms with van der Waals surface area (Å²) in [6.45, 7) is -0.739. The van der Waals surface area contributed by atoms with Crippen LogP contribution in [0.3, 0.4) is 0 Å². The molecule has 0 fully saturated rings. The van der Waals surface area contributed by atoms with Crippen molar-refractivity contribution in [3.05, 3.63) is 69.6 Å². The van der Waals surface area contributed by atoms with Crippen LogP contribution in [0, 0.1) is 11.3 Å². The number of hydrogen-bond acceptors (Lipinski definition) is 4. The van der Waals surface area contributed by atoms with E-state index in [9.17, 15) is 22.8 Å². The predicted octanol–water partition coefficient (Wildman–Crippen LogP) is 2.48. The number of hydrogen-bond donors (Lipinski definition) is 0. The van der Waals surface area contributed by atoms with Gasteiger partial charge in [0.15, 0.2) is 0 Å². The highest BCUT2D eigenvalue weighted by atomic mass is 19.4. The average Bonchev–Trinajstić information content (AvgIpc) is 2.54. The fourth-order valence-electron chi connectivity index (χ4n) is 1.85. The third-order valence-electron chi connectivity index (χ3n) is 3.09. The Hall–Kier alpha value is -3.08. The highest BCUT2D eigenvalue weighted by Gasteiger charge is 2.31. The summed E-state index contributed by atoms with van der Waals surface area (Å²) in [6, 6.07) is 9.59. The number of aromatic nitrogens is 1. The summed E-state index contributed by atoms with van der Waals surface area (Å²) in [4.78, 5) is 23.2. The second kappa shape index (κ2) is 7.00. The monoisotopic (exact) mass is 336 g/mol. The molecule has 0 aliphatic carbocycles. The number of alkyl halides is 3. The Morgan fingerprint density at radius 3 is 2.42 bits per heavy atom. The van der Waals surface area contributed by atoms with E-state index in [0.29, 0.717) is 28.0 Å². The van der Waals surface area contributed by atoms with Gasteiger partial charge in [-0.25, -0.2) is 0 Å². The van der Waals surface area contributed by atoms with Crippen LogP contribution < -0.4 is 5.56 Å². The first-order valence-electron chi connectivity index (χ1n) is 6.72. The molecule has 0 bridgehead atoms. The first-order valence-corrected chi connectivity index (χ1v) is 6.72. The third-order valence-corrected chi connectivity index (χ3v) is 3.09. The second-order valence-electron chi connectivity index (χ2n) is 4.85. The maximum Gasteiger partial charge on any atom is 0.417 e. The van der Waals surface area contributed by atoms with E-state index in [2.05, 4.69) is 0 Å². The number of carbonyl (C=O) groups is 1. The molecule has 2 rings (SSSR count). The van der Waals surface area contributed by atoms with Crippen molar-refractivity contribution in [2.75, 3.05) is 0 Å². The molecule has 0 atom stereocenters. The van der Waals surface area contributed by atoms with E-state index in [-0.39, 0.29) is 6.61 Å². The van der Waals surface area contributed by atoms with Crippen molar-refractivity contribution in [2.45, 2.75) is 19.3 Å². The van der Waals surface area contributed by atoms with Crippen molar-refractivity contribution in [1.82, 2.24) is 4.57 Å². The molecule has 0 aliphatic rings. The molecular formula is C16H11F3N2O3. The molecule has 0 spiro atoms. The Labute approximate surface area is 134 Å². The van der Waals surface area contributed by atoms with E-state index in [0.717, 1.165) is 6.07 Å². The molecule has 0 radical (unpaired) electrons. The van der Waals surface area contributed by atoms with E-state index < -0.39 is 29.8 Å². The number of rotatable bonds is 4. The van der Waals surface area contributed by atoms with E-state index >= 15 is 0 Å². The first kappa shape index (κ1) is 17.3. The number of benzene rings is 1. The van der Waals surface area contributed by atoms with Crippen LogP contribution >= 0.6 is 0 Å². The molecule has 0 unspecified atom stereocenters. The van der Waals surface area contributed by atoms with Gasteiger partial charge < -0.3 is 9.30 Å². The van der Waals surface area contributed by atoms with Crippen molar-refractivity contribution >= 4 is 5.97 Å². The third kappa shape index (κ3) is 4.46. The lowest BCUT2D eigenvalue weighted by atomic mass is 10.2. The van der Waals surface area contributed by atoms with Gasteiger partial charge in [-0.2, -0.15) is 18.4 Å². The largest absolute Gasteiger partial charge is 0.459 e. The highest BCUT2D eigenvalue weighted by molar-refractivity contribution is 5.69. The van der Waals surface area contributed by atoms with E-state index in [4.69, 9.17) is 10.00 Å². The number of pyridine rings is 1. The predicted molar refractivity (Wildman–Crippen MR) is 76.7 cm³/mol. The van der Waals surface area contributed by atoms with Gasteiger partial charge in [-0.1, -0.05) is 12.1 Å². The topological polar surface area (TPSA) is 72.1 Å². The van der Waals surface area contributed by atoms with Gasteiger partial charge >= 0.3 is 12.1 Å². The quantitative estimate of drug-likeness (QED) is 0.804. The Bertz CT molecular complexity index is 833. The smallest absolute Gasteiger partial charge is 0.417 e. The molecular weight excluding hydrogens is 325 g/mol. The highest BCUT2D eigenvalue weighted by Crippen LogP contribution is 2.27. The van der Waals surface area contributed by atoms with Gasteiger partial charge in [0.25, 0.3) is 5.56 Å². The fraction of sp³-hybridized carbons (Fsp3) is 0.188. The minimum absolute atomic E-state index is 0.113. The number of nitriles is 1. The van der Waals surface area contributed by atoms with E-state index in [1.807, 2.05) is 6.07 Å².